The SMILES string of the molecule is Cc1ccc(CN(C)C(CN)c2ccc(F)c(Cl)c2)cc1. The normalized spacial score (nSPS) is 12.7. The Kier molecular flexibility index (Phi) is 5.34. The van der Waals surface area contributed by atoms with E-state index in [-0.39, 0.29) is 11.1 Å². The molecule has 0 aliphatic heterocycles. The van der Waals surface area contributed by atoms with Crippen LogP contribution < -0.4 is 5.73 Å². The summed E-state index contributed by atoms with van der Waals surface area (Å²) in [4.78, 5) is 2.15. The van der Waals surface area contributed by atoms with Gasteiger partial charge in [0.25, 0.3) is 0 Å². The summed E-state index contributed by atoms with van der Waals surface area (Å²) in [5.41, 5.74) is 9.28. The zero-order chi connectivity index (χ0) is 15.4. The van der Waals surface area contributed by atoms with Crippen molar-refractivity contribution in [1.29, 1.82) is 0 Å². The first-order valence-electron chi connectivity index (χ1n) is 6.92. The molecule has 0 saturated carbocycles. The van der Waals surface area contributed by atoms with Crippen molar-refractivity contribution < 1.29 is 4.39 Å². The van der Waals surface area contributed by atoms with Crippen LogP contribution in [0.25, 0.3) is 0 Å². The van der Waals surface area contributed by atoms with Gasteiger partial charge in [0.2, 0.25) is 0 Å². The van der Waals surface area contributed by atoms with Gasteiger partial charge in [-0.15, -0.1) is 0 Å². The van der Waals surface area contributed by atoms with E-state index in [9.17, 15) is 4.39 Å². The van der Waals surface area contributed by atoms with Crippen molar-refractivity contribution in [3.8, 4) is 0 Å². The fourth-order valence-corrected chi connectivity index (χ4v) is 2.57. The van der Waals surface area contributed by atoms with E-state index < -0.39 is 5.82 Å². The number of halogens is 2. The maximum atomic E-state index is 13.3. The predicted molar refractivity (Wildman–Crippen MR) is 85.9 cm³/mol. The summed E-state index contributed by atoms with van der Waals surface area (Å²) in [5.74, 6) is -0.405. The monoisotopic (exact) mass is 306 g/mol. The number of aryl methyl sites for hydroxylation is 1. The van der Waals surface area contributed by atoms with Gasteiger partial charge in [0, 0.05) is 19.1 Å². The second-order valence-electron chi connectivity index (χ2n) is 5.33. The highest BCUT2D eigenvalue weighted by atomic mass is 35.5. The smallest absolute Gasteiger partial charge is 0.141 e. The van der Waals surface area contributed by atoms with E-state index in [2.05, 4.69) is 36.1 Å². The van der Waals surface area contributed by atoms with Crippen LogP contribution in [0.3, 0.4) is 0 Å². The van der Waals surface area contributed by atoms with Crippen LogP contribution in [0.5, 0.6) is 0 Å². The van der Waals surface area contributed by atoms with Crippen LogP contribution >= 0.6 is 11.6 Å². The van der Waals surface area contributed by atoms with Crippen LogP contribution in [0.15, 0.2) is 42.5 Å². The molecule has 0 spiro atoms. The second-order valence-corrected chi connectivity index (χ2v) is 5.73. The van der Waals surface area contributed by atoms with Gasteiger partial charge in [-0.2, -0.15) is 0 Å². The Balaban J connectivity index is 2.15. The quantitative estimate of drug-likeness (QED) is 0.907. The Morgan fingerprint density at radius 1 is 1.19 bits per heavy atom. The molecule has 0 aromatic heterocycles. The molecule has 4 heteroatoms. The summed E-state index contributed by atoms with van der Waals surface area (Å²) in [5, 5.41) is 0.134. The molecule has 0 aliphatic rings. The van der Waals surface area contributed by atoms with Crippen molar-refractivity contribution in [1.82, 2.24) is 4.90 Å². The van der Waals surface area contributed by atoms with Crippen LogP contribution in [0.1, 0.15) is 22.7 Å². The van der Waals surface area contributed by atoms with Crippen molar-refractivity contribution in [2.75, 3.05) is 13.6 Å². The van der Waals surface area contributed by atoms with Crippen molar-refractivity contribution in [2.24, 2.45) is 5.73 Å². The maximum absolute atomic E-state index is 13.3. The Morgan fingerprint density at radius 3 is 2.43 bits per heavy atom. The van der Waals surface area contributed by atoms with E-state index in [4.69, 9.17) is 17.3 Å². The number of rotatable bonds is 5. The standard InChI is InChI=1S/C17H20ClFN2/c1-12-3-5-13(6-4-12)11-21(2)17(10-20)14-7-8-16(19)15(18)9-14/h3-9,17H,10-11,20H2,1-2H3. The summed E-state index contributed by atoms with van der Waals surface area (Å²) >= 11 is 5.86. The summed E-state index contributed by atoms with van der Waals surface area (Å²) in [7, 11) is 2.01. The van der Waals surface area contributed by atoms with E-state index in [0.29, 0.717) is 6.54 Å². The Labute approximate surface area is 130 Å². The molecule has 2 aromatic carbocycles. The number of benzene rings is 2. The topological polar surface area (TPSA) is 29.3 Å². The van der Waals surface area contributed by atoms with Gasteiger partial charge in [0.05, 0.1) is 5.02 Å². The van der Waals surface area contributed by atoms with Gasteiger partial charge < -0.3 is 5.73 Å². The van der Waals surface area contributed by atoms with Crippen molar-refractivity contribution in [3.05, 3.63) is 70.0 Å². The molecule has 0 amide bonds. The number of likely N-dealkylation sites (N-methyl/N-ethyl adjacent to an activating group) is 1. The zero-order valence-electron chi connectivity index (χ0n) is 12.3. The lowest BCUT2D eigenvalue weighted by Crippen LogP contribution is -2.30. The number of nitrogens with zero attached hydrogens (tertiary/aromatic N) is 1. The second kappa shape index (κ2) is 7.03. The lowest BCUT2D eigenvalue weighted by atomic mass is 10.0. The molecule has 0 saturated heterocycles. The molecule has 2 nitrogen and oxygen atoms in total. The number of hydrogen-bond donors (Lipinski definition) is 1. The van der Waals surface area contributed by atoms with E-state index >= 15 is 0 Å². The Hall–Kier alpha value is -1.42. The highest BCUT2D eigenvalue weighted by molar-refractivity contribution is 6.30. The highest BCUT2D eigenvalue weighted by Crippen LogP contribution is 2.25. The van der Waals surface area contributed by atoms with Crippen molar-refractivity contribution in [2.45, 2.75) is 19.5 Å². The van der Waals surface area contributed by atoms with Crippen molar-refractivity contribution in [3.63, 3.8) is 0 Å². The lowest BCUT2D eigenvalue weighted by molar-refractivity contribution is 0.241. The zero-order valence-corrected chi connectivity index (χ0v) is 13.1. The van der Waals surface area contributed by atoms with Gasteiger partial charge in [0.15, 0.2) is 0 Å². The van der Waals surface area contributed by atoms with E-state index in [1.165, 1.54) is 17.2 Å². The highest BCUT2D eigenvalue weighted by Gasteiger charge is 2.17. The molecule has 0 fully saturated rings. The molecular weight excluding hydrogens is 287 g/mol. The molecule has 21 heavy (non-hydrogen) atoms. The molecular formula is C17H20ClFN2. The third-order valence-corrected chi connectivity index (χ3v) is 3.93. The van der Waals surface area contributed by atoms with Gasteiger partial charge in [-0.1, -0.05) is 47.5 Å². The molecule has 2 aromatic rings. The molecule has 0 bridgehead atoms. The molecule has 112 valence electrons. The largest absolute Gasteiger partial charge is 0.329 e. The van der Waals surface area contributed by atoms with Crippen LogP contribution in [0, 0.1) is 12.7 Å². The van der Waals surface area contributed by atoms with Gasteiger partial charge in [-0.25, -0.2) is 4.39 Å². The molecule has 0 heterocycles. The first kappa shape index (κ1) is 16.0. The summed E-state index contributed by atoms with van der Waals surface area (Å²) in [6.07, 6.45) is 0. The molecule has 0 radical (unpaired) electrons. The summed E-state index contributed by atoms with van der Waals surface area (Å²) in [6, 6.07) is 13.2. The average Bonchev–Trinajstić information content (AvgIpc) is 2.46. The molecule has 0 aliphatic carbocycles. The Morgan fingerprint density at radius 2 is 1.86 bits per heavy atom. The molecule has 1 unspecified atom stereocenters. The van der Waals surface area contributed by atoms with Crippen LogP contribution in [-0.4, -0.2) is 18.5 Å². The minimum absolute atomic E-state index is 0.00408. The van der Waals surface area contributed by atoms with Gasteiger partial charge in [-0.3, -0.25) is 4.90 Å². The maximum Gasteiger partial charge on any atom is 0.141 e. The minimum atomic E-state index is -0.405. The van der Waals surface area contributed by atoms with Gasteiger partial charge in [-0.05, 0) is 37.2 Å². The van der Waals surface area contributed by atoms with E-state index in [1.54, 1.807) is 12.1 Å². The third-order valence-electron chi connectivity index (χ3n) is 3.64. The summed E-state index contributed by atoms with van der Waals surface area (Å²) < 4.78 is 13.3. The average molecular weight is 307 g/mol. The van der Waals surface area contributed by atoms with Crippen LogP contribution in [-0.2, 0) is 6.54 Å². The van der Waals surface area contributed by atoms with E-state index in [1.807, 2.05) is 7.05 Å². The molecule has 1 atom stereocenters. The fraction of sp³-hybridized carbons (Fsp3) is 0.294. The number of nitrogens with two attached hydrogens (primary N) is 1. The molecule has 2 rings (SSSR count). The number of hydrogen-bond acceptors (Lipinski definition) is 2. The predicted octanol–water partition coefficient (Wildman–Crippen LogP) is 3.92. The Bertz CT molecular complexity index is 598. The van der Waals surface area contributed by atoms with Gasteiger partial charge in [0.1, 0.15) is 5.82 Å². The summed E-state index contributed by atoms with van der Waals surface area (Å²) in [6.45, 7) is 3.29. The van der Waals surface area contributed by atoms with Crippen LogP contribution in [0.2, 0.25) is 5.02 Å². The van der Waals surface area contributed by atoms with Crippen LogP contribution in [0.4, 0.5) is 4.39 Å². The molecule has 2 N–H and O–H groups in total. The van der Waals surface area contributed by atoms with Crippen molar-refractivity contribution >= 4 is 11.6 Å². The first-order valence-corrected chi connectivity index (χ1v) is 7.30. The minimum Gasteiger partial charge on any atom is -0.329 e. The fourth-order valence-electron chi connectivity index (χ4n) is 2.38. The third kappa shape index (κ3) is 4.03. The lowest BCUT2D eigenvalue weighted by Gasteiger charge is -2.27. The van der Waals surface area contributed by atoms with Gasteiger partial charge >= 0.3 is 0 Å². The van der Waals surface area contributed by atoms with E-state index in [0.717, 1.165) is 12.1 Å². The first-order chi connectivity index (χ1) is 10.0.